The molecule has 1 N–H and O–H groups in total. The number of piperidine rings is 1. The zero-order valence-electron chi connectivity index (χ0n) is 13.9. The number of amides is 1. The van der Waals surface area contributed by atoms with E-state index in [9.17, 15) is 4.79 Å². The average Bonchev–Trinajstić information content (AvgIpc) is 2.48. The second kappa shape index (κ2) is 7.80. The number of nitrogens with one attached hydrogen (secondary N) is 1. The molecule has 2 aliphatic rings. The van der Waals surface area contributed by atoms with E-state index in [1.807, 2.05) is 11.9 Å². The number of nitrogens with zero attached hydrogens (tertiary/aromatic N) is 1. The molecule has 2 rings (SSSR count). The topological polar surface area (TPSA) is 41.6 Å². The second-order valence-corrected chi connectivity index (χ2v) is 6.39. The fraction of sp³-hybridized carbons (Fsp3) is 0.938. The summed E-state index contributed by atoms with van der Waals surface area (Å²) in [5.74, 6) is 0.562. The fourth-order valence-corrected chi connectivity index (χ4v) is 4.29. The molecule has 2 atom stereocenters. The fourth-order valence-electron chi connectivity index (χ4n) is 4.29. The molecule has 21 heavy (non-hydrogen) atoms. The predicted octanol–water partition coefficient (Wildman–Crippen LogP) is 2.46. The lowest BCUT2D eigenvalue weighted by atomic mass is 9.58. The number of rotatable bonds is 5. The van der Waals surface area contributed by atoms with Crippen molar-refractivity contribution in [3.05, 3.63) is 0 Å². The smallest absolute Gasteiger partial charge is 0.225 e. The number of hydrogen-bond donors (Lipinski definition) is 1. The molecule has 1 amide bonds. The zero-order valence-corrected chi connectivity index (χ0v) is 14.7. The van der Waals surface area contributed by atoms with Crippen LogP contribution in [0.3, 0.4) is 0 Å². The first-order valence-corrected chi connectivity index (χ1v) is 8.10. The summed E-state index contributed by atoms with van der Waals surface area (Å²) in [5.41, 5.74) is 0.159. The molecule has 4 nitrogen and oxygen atoms in total. The highest BCUT2D eigenvalue weighted by Crippen LogP contribution is 2.51. The SMILES string of the molecule is CCC1(CC)C(OC)CC1N(C)C(=O)C1CCNCC1.Cl. The molecule has 0 bridgehead atoms. The molecule has 2 fully saturated rings. The molecule has 0 aromatic carbocycles. The molecule has 2 unspecified atom stereocenters. The first kappa shape index (κ1) is 18.7. The van der Waals surface area contributed by atoms with Gasteiger partial charge < -0.3 is 15.0 Å². The van der Waals surface area contributed by atoms with Crippen molar-refractivity contribution < 1.29 is 9.53 Å². The van der Waals surface area contributed by atoms with Gasteiger partial charge in [-0.05, 0) is 45.2 Å². The van der Waals surface area contributed by atoms with E-state index in [0.29, 0.717) is 18.1 Å². The number of methoxy groups -OCH3 is 1. The number of carbonyl (C=O) groups is 1. The zero-order chi connectivity index (χ0) is 14.8. The summed E-state index contributed by atoms with van der Waals surface area (Å²) in [6.45, 7) is 6.40. The van der Waals surface area contributed by atoms with Crippen LogP contribution in [0.15, 0.2) is 0 Å². The van der Waals surface area contributed by atoms with Crippen LogP contribution < -0.4 is 5.32 Å². The molecular formula is C16H31ClN2O2. The number of halogens is 1. The highest BCUT2D eigenvalue weighted by molar-refractivity contribution is 5.85. The Hall–Kier alpha value is -0.320. The number of hydrogen-bond acceptors (Lipinski definition) is 3. The quantitative estimate of drug-likeness (QED) is 0.846. The molecule has 1 aliphatic heterocycles. The Morgan fingerprint density at radius 2 is 1.86 bits per heavy atom. The lowest BCUT2D eigenvalue weighted by Crippen LogP contribution is -2.65. The second-order valence-electron chi connectivity index (χ2n) is 6.39. The van der Waals surface area contributed by atoms with Crippen molar-refractivity contribution in [3.63, 3.8) is 0 Å². The lowest BCUT2D eigenvalue weighted by molar-refractivity contribution is -0.173. The molecule has 0 radical (unpaired) electrons. The summed E-state index contributed by atoms with van der Waals surface area (Å²) in [6, 6.07) is 0.352. The van der Waals surface area contributed by atoms with Gasteiger partial charge in [-0.25, -0.2) is 0 Å². The lowest BCUT2D eigenvalue weighted by Gasteiger charge is -2.58. The highest BCUT2D eigenvalue weighted by atomic mass is 35.5. The van der Waals surface area contributed by atoms with Gasteiger partial charge in [0.05, 0.1) is 6.10 Å². The van der Waals surface area contributed by atoms with Crippen LogP contribution >= 0.6 is 12.4 Å². The molecule has 0 spiro atoms. The van der Waals surface area contributed by atoms with Crippen molar-refractivity contribution in [3.8, 4) is 0 Å². The molecule has 0 aromatic rings. The number of ether oxygens (including phenoxy) is 1. The molecule has 5 heteroatoms. The van der Waals surface area contributed by atoms with Crippen LogP contribution in [0.2, 0.25) is 0 Å². The minimum atomic E-state index is 0. The first-order chi connectivity index (χ1) is 9.60. The third-order valence-electron chi connectivity index (χ3n) is 5.85. The van der Waals surface area contributed by atoms with E-state index in [2.05, 4.69) is 19.2 Å². The molecular weight excluding hydrogens is 288 g/mol. The van der Waals surface area contributed by atoms with Gasteiger partial charge in [0, 0.05) is 31.5 Å². The molecule has 1 heterocycles. The van der Waals surface area contributed by atoms with Crippen molar-refractivity contribution in [1.29, 1.82) is 0 Å². The summed E-state index contributed by atoms with van der Waals surface area (Å²) >= 11 is 0. The standard InChI is InChI=1S/C16H30N2O2.ClH/c1-5-16(6-2)13(11-14(16)20-4)18(3)15(19)12-7-9-17-10-8-12;/h12-14,17H,5-11H2,1-4H3;1H. The van der Waals surface area contributed by atoms with Gasteiger partial charge in [-0.1, -0.05) is 13.8 Å². The molecule has 1 saturated heterocycles. The molecule has 1 saturated carbocycles. The Labute approximate surface area is 135 Å². The average molecular weight is 319 g/mol. The summed E-state index contributed by atoms with van der Waals surface area (Å²) in [7, 11) is 3.80. The van der Waals surface area contributed by atoms with Crippen molar-refractivity contribution in [1.82, 2.24) is 10.2 Å². The Kier molecular flexibility index (Phi) is 6.95. The van der Waals surface area contributed by atoms with Gasteiger partial charge in [0.25, 0.3) is 0 Å². The maximum Gasteiger partial charge on any atom is 0.225 e. The van der Waals surface area contributed by atoms with Crippen LogP contribution in [-0.4, -0.2) is 50.2 Å². The van der Waals surface area contributed by atoms with Crippen LogP contribution in [0, 0.1) is 11.3 Å². The van der Waals surface area contributed by atoms with Crippen molar-refractivity contribution in [2.75, 3.05) is 27.2 Å². The first-order valence-electron chi connectivity index (χ1n) is 8.10. The Morgan fingerprint density at radius 3 is 2.33 bits per heavy atom. The van der Waals surface area contributed by atoms with E-state index < -0.39 is 0 Å². The number of carbonyl (C=O) groups excluding carboxylic acids is 1. The van der Waals surface area contributed by atoms with E-state index >= 15 is 0 Å². The van der Waals surface area contributed by atoms with Gasteiger partial charge in [0.15, 0.2) is 0 Å². The summed E-state index contributed by atoms with van der Waals surface area (Å²) in [5, 5.41) is 3.33. The Morgan fingerprint density at radius 1 is 1.29 bits per heavy atom. The van der Waals surface area contributed by atoms with Crippen LogP contribution in [0.4, 0.5) is 0 Å². The predicted molar refractivity (Wildman–Crippen MR) is 87.8 cm³/mol. The van der Waals surface area contributed by atoms with E-state index in [1.165, 1.54) is 0 Å². The van der Waals surface area contributed by atoms with Gasteiger partial charge in [-0.15, -0.1) is 12.4 Å². The van der Waals surface area contributed by atoms with Crippen molar-refractivity contribution in [2.24, 2.45) is 11.3 Å². The van der Waals surface area contributed by atoms with Crippen LogP contribution in [0.25, 0.3) is 0 Å². The monoisotopic (exact) mass is 318 g/mol. The summed E-state index contributed by atoms with van der Waals surface area (Å²) in [4.78, 5) is 14.7. The van der Waals surface area contributed by atoms with E-state index in [-0.39, 0.29) is 23.7 Å². The van der Waals surface area contributed by atoms with Crippen LogP contribution in [0.1, 0.15) is 46.0 Å². The molecule has 124 valence electrons. The minimum Gasteiger partial charge on any atom is -0.381 e. The maximum absolute atomic E-state index is 12.7. The van der Waals surface area contributed by atoms with E-state index in [4.69, 9.17) is 4.74 Å². The third-order valence-corrected chi connectivity index (χ3v) is 5.85. The van der Waals surface area contributed by atoms with E-state index in [1.54, 1.807) is 7.11 Å². The molecule has 0 aromatic heterocycles. The van der Waals surface area contributed by atoms with Crippen LogP contribution in [0.5, 0.6) is 0 Å². The van der Waals surface area contributed by atoms with Crippen molar-refractivity contribution >= 4 is 18.3 Å². The normalized spacial score (nSPS) is 28.4. The third kappa shape index (κ3) is 3.22. The van der Waals surface area contributed by atoms with Gasteiger partial charge in [-0.2, -0.15) is 0 Å². The van der Waals surface area contributed by atoms with Gasteiger partial charge in [0.2, 0.25) is 5.91 Å². The Bertz CT molecular complexity index is 341. The molecule has 1 aliphatic carbocycles. The van der Waals surface area contributed by atoms with Gasteiger partial charge >= 0.3 is 0 Å². The van der Waals surface area contributed by atoms with Crippen LogP contribution in [-0.2, 0) is 9.53 Å². The largest absolute Gasteiger partial charge is 0.381 e. The van der Waals surface area contributed by atoms with Gasteiger partial charge in [0.1, 0.15) is 0 Å². The Balaban J connectivity index is 0.00000220. The maximum atomic E-state index is 12.7. The summed E-state index contributed by atoms with van der Waals surface area (Å²) < 4.78 is 5.64. The van der Waals surface area contributed by atoms with Gasteiger partial charge in [-0.3, -0.25) is 4.79 Å². The van der Waals surface area contributed by atoms with E-state index in [0.717, 1.165) is 45.2 Å². The summed E-state index contributed by atoms with van der Waals surface area (Å²) in [6.07, 6.45) is 5.42. The minimum absolute atomic E-state index is 0. The van der Waals surface area contributed by atoms with Crippen molar-refractivity contribution in [2.45, 2.75) is 58.1 Å². The highest BCUT2D eigenvalue weighted by Gasteiger charge is 2.55.